The predicted octanol–water partition coefficient (Wildman–Crippen LogP) is 1.94. The first kappa shape index (κ1) is 8.30. The van der Waals surface area contributed by atoms with Gasteiger partial charge in [-0.1, -0.05) is 6.08 Å². The van der Waals surface area contributed by atoms with Crippen LogP contribution in [0.3, 0.4) is 0 Å². The fourth-order valence-electron chi connectivity index (χ4n) is 0.828. The molecule has 0 aliphatic carbocycles. The quantitative estimate of drug-likeness (QED) is 0.702. The minimum Gasteiger partial charge on any atom is -0.496 e. The monoisotopic (exact) mass is 169 g/mol. The van der Waals surface area contributed by atoms with E-state index >= 15 is 0 Å². The number of hydrogen-bond acceptors (Lipinski definition) is 3. The molecule has 11 heavy (non-hydrogen) atoms. The Morgan fingerprint density at radius 1 is 1.82 bits per heavy atom. The molecule has 1 atom stereocenters. The van der Waals surface area contributed by atoms with E-state index in [1.807, 2.05) is 11.4 Å². The van der Waals surface area contributed by atoms with Gasteiger partial charge in [-0.15, -0.1) is 17.9 Å². The molecule has 0 aromatic carbocycles. The molecule has 0 fully saturated rings. The number of ether oxygens (including phenoxy) is 1. The molecule has 60 valence electrons. The molecule has 1 heterocycles. The van der Waals surface area contributed by atoms with Crippen LogP contribution in [0, 0.1) is 0 Å². The summed E-state index contributed by atoms with van der Waals surface area (Å²) in [6, 6.07) is 1.80. The summed E-state index contributed by atoms with van der Waals surface area (Å²) in [5.74, 6) is 0.849. The summed E-state index contributed by atoms with van der Waals surface area (Å²) in [7, 11) is 1.64. The maximum atomic E-state index is 5.73. The van der Waals surface area contributed by atoms with Gasteiger partial charge in [0, 0.05) is 0 Å². The largest absolute Gasteiger partial charge is 0.496 e. The average Bonchev–Trinajstić information content (AvgIpc) is 2.50. The highest BCUT2D eigenvalue weighted by Crippen LogP contribution is 2.29. The molecule has 0 bridgehead atoms. The zero-order valence-corrected chi connectivity index (χ0v) is 7.23. The van der Waals surface area contributed by atoms with Crippen LogP contribution in [0.25, 0.3) is 0 Å². The highest BCUT2D eigenvalue weighted by Gasteiger charge is 2.08. The van der Waals surface area contributed by atoms with Crippen molar-refractivity contribution in [3.63, 3.8) is 0 Å². The lowest BCUT2D eigenvalue weighted by Gasteiger charge is -2.05. The molecular weight excluding hydrogens is 158 g/mol. The average molecular weight is 169 g/mol. The molecule has 2 N–H and O–H groups in total. The SMILES string of the molecule is C=C[C@H](N)c1sccc1OC. The van der Waals surface area contributed by atoms with Crippen LogP contribution in [0.2, 0.25) is 0 Å². The molecular formula is C8H11NOS. The molecule has 2 nitrogen and oxygen atoms in total. The van der Waals surface area contributed by atoms with Gasteiger partial charge in [0.15, 0.2) is 0 Å². The molecule has 0 amide bonds. The van der Waals surface area contributed by atoms with Crippen molar-refractivity contribution in [2.45, 2.75) is 6.04 Å². The summed E-state index contributed by atoms with van der Waals surface area (Å²) in [6.07, 6.45) is 1.70. The predicted molar refractivity (Wildman–Crippen MR) is 48.0 cm³/mol. The van der Waals surface area contributed by atoms with Crippen LogP contribution in [0.1, 0.15) is 10.9 Å². The first-order valence-electron chi connectivity index (χ1n) is 3.29. The highest BCUT2D eigenvalue weighted by molar-refractivity contribution is 7.10. The van der Waals surface area contributed by atoms with Crippen molar-refractivity contribution in [3.8, 4) is 5.75 Å². The van der Waals surface area contributed by atoms with Crippen molar-refractivity contribution < 1.29 is 4.74 Å². The van der Waals surface area contributed by atoms with Crippen LogP contribution in [0.15, 0.2) is 24.1 Å². The van der Waals surface area contributed by atoms with E-state index in [0.717, 1.165) is 10.6 Å². The Bertz CT molecular complexity index is 244. The second kappa shape index (κ2) is 3.55. The van der Waals surface area contributed by atoms with E-state index in [9.17, 15) is 0 Å². The maximum absolute atomic E-state index is 5.73. The van der Waals surface area contributed by atoms with E-state index in [4.69, 9.17) is 10.5 Å². The number of hydrogen-bond donors (Lipinski definition) is 1. The van der Waals surface area contributed by atoms with Crippen LogP contribution in [-0.2, 0) is 0 Å². The molecule has 0 saturated heterocycles. The summed E-state index contributed by atoms with van der Waals surface area (Å²) in [4.78, 5) is 1.03. The molecule has 1 aromatic heterocycles. The van der Waals surface area contributed by atoms with E-state index in [0.29, 0.717) is 0 Å². The zero-order chi connectivity index (χ0) is 8.27. The topological polar surface area (TPSA) is 35.2 Å². The Balaban J connectivity index is 2.91. The summed E-state index contributed by atoms with van der Waals surface area (Å²) < 4.78 is 5.09. The van der Waals surface area contributed by atoms with Crippen molar-refractivity contribution in [1.29, 1.82) is 0 Å². The van der Waals surface area contributed by atoms with E-state index < -0.39 is 0 Å². The van der Waals surface area contributed by atoms with Crippen LogP contribution >= 0.6 is 11.3 Å². The highest BCUT2D eigenvalue weighted by atomic mass is 32.1. The number of methoxy groups -OCH3 is 1. The van der Waals surface area contributed by atoms with Crippen LogP contribution in [0.4, 0.5) is 0 Å². The van der Waals surface area contributed by atoms with Crippen molar-refractivity contribution in [2.75, 3.05) is 7.11 Å². The van der Waals surface area contributed by atoms with Gasteiger partial charge < -0.3 is 10.5 Å². The lowest BCUT2D eigenvalue weighted by atomic mass is 10.2. The van der Waals surface area contributed by atoms with Gasteiger partial charge in [-0.2, -0.15) is 0 Å². The molecule has 0 saturated carbocycles. The summed E-state index contributed by atoms with van der Waals surface area (Å²) in [5.41, 5.74) is 5.73. The Kier molecular flexibility index (Phi) is 2.68. The lowest BCUT2D eigenvalue weighted by Crippen LogP contribution is -2.05. The van der Waals surface area contributed by atoms with Gasteiger partial charge in [0.25, 0.3) is 0 Å². The minimum atomic E-state index is -0.107. The van der Waals surface area contributed by atoms with Crippen molar-refractivity contribution in [3.05, 3.63) is 29.0 Å². The van der Waals surface area contributed by atoms with Gasteiger partial charge in [0.1, 0.15) is 5.75 Å². The summed E-state index contributed by atoms with van der Waals surface area (Å²) in [6.45, 7) is 3.62. The van der Waals surface area contributed by atoms with Gasteiger partial charge in [-0.3, -0.25) is 0 Å². The van der Waals surface area contributed by atoms with E-state index in [2.05, 4.69) is 6.58 Å². The fourth-order valence-corrected chi connectivity index (χ4v) is 1.69. The summed E-state index contributed by atoms with van der Waals surface area (Å²) >= 11 is 1.59. The number of thiophene rings is 1. The third kappa shape index (κ3) is 1.61. The minimum absolute atomic E-state index is 0.107. The standard InChI is InChI=1S/C8H11NOS/c1-3-6(9)8-7(10-2)4-5-11-8/h3-6H,1,9H2,2H3/t6-/m0/s1. The van der Waals surface area contributed by atoms with Crippen LogP contribution in [0.5, 0.6) is 5.75 Å². The Labute approximate surface area is 70.3 Å². The Morgan fingerprint density at radius 2 is 2.55 bits per heavy atom. The van der Waals surface area contributed by atoms with Crippen LogP contribution < -0.4 is 10.5 Å². The normalized spacial score (nSPS) is 12.5. The second-order valence-electron chi connectivity index (χ2n) is 2.11. The van der Waals surface area contributed by atoms with Crippen LogP contribution in [-0.4, -0.2) is 7.11 Å². The second-order valence-corrected chi connectivity index (χ2v) is 3.06. The lowest BCUT2D eigenvalue weighted by molar-refractivity contribution is 0.411. The van der Waals surface area contributed by atoms with Gasteiger partial charge in [0.05, 0.1) is 18.0 Å². The third-order valence-corrected chi connectivity index (χ3v) is 2.43. The van der Waals surface area contributed by atoms with Gasteiger partial charge in [-0.25, -0.2) is 0 Å². The van der Waals surface area contributed by atoms with E-state index in [-0.39, 0.29) is 6.04 Å². The van der Waals surface area contributed by atoms with Crippen molar-refractivity contribution in [2.24, 2.45) is 5.73 Å². The Morgan fingerprint density at radius 3 is 3.09 bits per heavy atom. The number of nitrogens with two attached hydrogens (primary N) is 1. The van der Waals surface area contributed by atoms with Crippen molar-refractivity contribution >= 4 is 11.3 Å². The first-order chi connectivity index (χ1) is 5.29. The number of rotatable bonds is 3. The molecule has 0 aliphatic rings. The molecule has 0 aliphatic heterocycles. The van der Waals surface area contributed by atoms with Gasteiger partial charge in [0.2, 0.25) is 0 Å². The first-order valence-corrected chi connectivity index (χ1v) is 4.17. The molecule has 3 heteroatoms. The molecule has 0 spiro atoms. The smallest absolute Gasteiger partial charge is 0.134 e. The summed E-state index contributed by atoms with van der Waals surface area (Å²) in [5, 5.41) is 1.96. The Hall–Kier alpha value is -0.800. The van der Waals surface area contributed by atoms with Gasteiger partial charge in [-0.05, 0) is 11.4 Å². The maximum Gasteiger partial charge on any atom is 0.134 e. The fraction of sp³-hybridized carbons (Fsp3) is 0.250. The zero-order valence-electron chi connectivity index (χ0n) is 6.41. The third-order valence-electron chi connectivity index (χ3n) is 1.43. The molecule has 0 unspecified atom stereocenters. The molecule has 0 radical (unpaired) electrons. The molecule has 1 rings (SSSR count). The van der Waals surface area contributed by atoms with Crippen molar-refractivity contribution in [1.82, 2.24) is 0 Å². The van der Waals surface area contributed by atoms with Gasteiger partial charge >= 0.3 is 0 Å². The van der Waals surface area contributed by atoms with E-state index in [1.54, 1.807) is 24.5 Å². The molecule has 1 aromatic rings. The van der Waals surface area contributed by atoms with E-state index in [1.165, 1.54) is 0 Å².